The number of nitrogens with zero attached hydrogens (tertiary/aromatic N) is 2. The Morgan fingerprint density at radius 2 is 1.63 bits per heavy atom. The minimum Gasteiger partial charge on any atom is -0.372 e. The Kier molecular flexibility index (Phi) is 11.0. The second kappa shape index (κ2) is 13.3. The zero-order valence-corrected chi connectivity index (χ0v) is 23.2. The van der Waals surface area contributed by atoms with Crippen LogP contribution in [0.15, 0.2) is 43.1 Å². The number of hydrogen-bond acceptors (Lipinski definition) is 3. The Morgan fingerprint density at radius 1 is 1.03 bits per heavy atom. The largest absolute Gasteiger partial charge is 0.372 e. The van der Waals surface area contributed by atoms with Crippen LogP contribution in [0, 0.1) is 26.6 Å². The van der Waals surface area contributed by atoms with Crippen molar-refractivity contribution in [2.24, 2.45) is 0 Å². The highest BCUT2D eigenvalue weighted by molar-refractivity contribution is 7.79. The van der Waals surface area contributed by atoms with Gasteiger partial charge in [0, 0.05) is 44.8 Å². The molecule has 1 aliphatic rings. The minimum absolute atomic E-state index is 0.169. The molecule has 1 unspecified atom stereocenters. The van der Waals surface area contributed by atoms with E-state index in [-0.39, 0.29) is 5.82 Å². The third-order valence-corrected chi connectivity index (χ3v) is 7.09. The van der Waals surface area contributed by atoms with Crippen molar-refractivity contribution in [3.8, 4) is 0 Å². The Labute approximate surface area is 217 Å². The van der Waals surface area contributed by atoms with E-state index in [1.807, 2.05) is 45.9 Å². The summed E-state index contributed by atoms with van der Waals surface area (Å²) in [4.78, 5) is 4.39. The second-order valence-electron chi connectivity index (χ2n) is 9.47. The molecule has 192 valence electrons. The van der Waals surface area contributed by atoms with Crippen LogP contribution in [0.5, 0.6) is 0 Å². The average molecular weight is 501 g/mol. The monoisotopic (exact) mass is 500 g/mol. The maximum Gasteiger partial charge on any atom is 0.138 e. The molecule has 5 heteroatoms. The summed E-state index contributed by atoms with van der Waals surface area (Å²) in [5.74, 6) is -0.169. The van der Waals surface area contributed by atoms with Gasteiger partial charge in [0.1, 0.15) is 12.0 Å². The first-order valence-electron chi connectivity index (χ1n) is 12.4. The van der Waals surface area contributed by atoms with Crippen LogP contribution in [-0.2, 0) is 12.8 Å². The SMILES string of the molecule is C=C(C)c1ccc(C(F)CN2CCN(C(=C)Cc3cc(C)c(C)cc3F)CC2)c(C)c1CC.CS. The molecule has 2 nitrogen and oxygen atoms in total. The topological polar surface area (TPSA) is 6.48 Å². The van der Waals surface area contributed by atoms with Crippen molar-refractivity contribution in [3.05, 3.63) is 87.9 Å². The number of benzene rings is 2. The number of halogens is 2. The van der Waals surface area contributed by atoms with Gasteiger partial charge in [-0.25, -0.2) is 8.78 Å². The summed E-state index contributed by atoms with van der Waals surface area (Å²) in [6, 6.07) is 7.47. The normalized spacial score (nSPS) is 14.8. The summed E-state index contributed by atoms with van der Waals surface area (Å²) in [5, 5.41) is 0. The predicted octanol–water partition coefficient (Wildman–Crippen LogP) is 7.28. The molecule has 0 radical (unpaired) electrons. The molecular weight excluding hydrogens is 458 g/mol. The van der Waals surface area contributed by atoms with Crippen LogP contribution < -0.4 is 0 Å². The van der Waals surface area contributed by atoms with Crippen LogP contribution in [0.4, 0.5) is 8.78 Å². The standard InChI is InChI=1S/C29H38F2N2.CH4S/c1-8-25-23(7)27(10-9-26(25)19(2)3)29(31)18-32-11-13-33(14-12-32)22(6)17-24-15-20(4)21(5)16-28(24)30;1-2/h9-10,15-16,29H,2,6,8,11-14,17-18H2,1,3-5,7H3;2H,1H3. The molecule has 0 aliphatic carbocycles. The Bertz CT molecular complexity index is 1040. The van der Waals surface area contributed by atoms with Gasteiger partial charge in [0.05, 0.1) is 0 Å². The number of rotatable bonds is 8. The second-order valence-corrected chi connectivity index (χ2v) is 9.47. The molecule has 2 aromatic rings. The molecule has 2 aromatic carbocycles. The Balaban J connectivity index is 0.00000210. The highest BCUT2D eigenvalue weighted by atomic mass is 32.1. The molecular formula is C30H42F2N2S. The third-order valence-electron chi connectivity index (χ3n) is 7.09. The molecule has 1 fully saturated rings. The van der Waals surface area contributed by atoms with E-state index in [1.165, 1.54) is 5.56 Å². The number of hydrogen-bond donors (Lipinski definition) is 1. The maximum absolute atomic E-state index is 15.4. The molecule has 0 bridgehead atoms. The molecule has 3 rings (SSSR count). The fraction of sp³-hybridized carbons (Fsp3) is 0.467. The van der Waals surface area contributed by atoms with Crippen molar-refractivity contribution in [2.45, 2.75) is 53.6 Å². The van der Waals surface area contributed by atoms with Crippen LogP contribution in [-0.4, -0.2) is 48.8 Å². The number of aryl methyl sites for hydroxylation is 2. The van der Waals surface area contributed by atoms with Gasteiger partial charge in [-0.2, -0.15) is 12.6 Å². The summed E-state index contributed by atoms with van der Waals surface area (Å²) in [5.41, 5.74) is 8.86. The zero-order chi connectivity index (χ0) is 26.3. The van der Waals surface area contributed by atoms with Gasteiger partial charge in [0.15, 0.2) is 0 Å². The van der Waals surface area contributed by atoms with Crippen LogP contribution in [0.3, 0.4) is 0 Å². The number of piperazine rings is 1. The lowest BCUT2D eigenvalue weighted by molar-refractivity contribution is 0.124. The van der Waals surface area contributed by atoms with E-state index in [4.69, 9.17) is 0 Å². The lowest BCUT2D eigenvalue weighted by Gasteiger charge is -2.37. The van der Waals surface area contributed by atoms with Crippen molar-refractivity contribution in [1.82, 2.24) is 9.80 Å². The highest BCUT2D eigenvalue weighted by Gasteiger charge is 2.24. The zero-order valence-electron chi connectivity index (χ0n) is 22.3. The summed E-state index contributed by atoms with van der Waals surface area (Å²) < 4.78 is 29.7. The molecule has 0 amide bonds. The lowest BCUT2D eigenvalue weighted by atomic mass is 9.90. The molecule has 0 saturated carbocycles. The average Bonchev–Trinajstić information content (AvgIpc) is 2.83. The quantitative estimate of drug-likeness (QED) is 0.381. The minimum atomic E-state index is -1.02. The molecule has 35 heavy (non-hydrogen) atoms. The van der Waals surface area contributed by atoms with Gasteiger partial charge in [0.2, 0.25) is 0 Å². The van der Waals surface area contributed by atoms with Gasteiger partial charge < -0.3 is 4.90 Å². The third kappa shape index (κ3) is 7.20. The van der Waals surface area contributed by atoms with Gasteiger partial charge in [-0.3, -0.25) is 4.90 Å². The molecule has 1 saturated heterocycles. The van der Waals surface area contributed by atoms with Gasteiger partial charge in [-0.1, -0.05) is 43.9 Å². The predicted molar refractivity (Wildman–Crippen MR) is 151 cm³/mol. The molecule has 1 atom stereocenters. The smallest absolute Gasteiger partial charge is 0.138 e. The first-order chi connectivity index (χ1) is 16.6. The van der Waals surface area contributed by atoms with E-state index < -0.39 is 6.17 Å². The number of alkyl halides is 1. The summed E-state index contributed by atoms with van der Waals surface area (Å²) in [7, 11) is 0. The Hall–Kier alpha value is -2.11. The van der Waals surface area contributed by atoms with E-state index >= 15 is 4.39 Å². The van der Waals surface area contributed by atoms with E-state index in [0.717, 1.165) is 71.7 Å². The highest BCUT2D eigenvalue weighted by Crippen LogP contribution is 2.30. The molecule has 0 N–H and O–H groups in total. The number of thiol groups is 1. The fourth-order valence-electron chi connectivity index (χ4n) is 4.85. The first kappa shape index (κ1) is 29.1. The molecule has 0 spiro atoms. The first-order valence-corrected chi connectivity index (χ1v) is 13.3. The van der Waals surface area contributed by atoms with E-state index in [2.05, 4.69) is 42.5 Å². The summed E-state index contributed by atoms with van der Waals surface area (Å²) in [6.07, 6.45) is 2.05. The van der Waals surface area contributed by atoms with Crippen molar-refractivity contribution in [1.29, 1.82) is 0 Å². The molecule has 1 heterocycles. The molecule has 1 aliphatic heterocycles. The lowest BCUT2D eigenvalue weighted by Crippen LogP contribution is -2.46. The maximum atomic E-state index is 15.4. The van der Waals surface area contributed by atoms with Gasteiger partial charge in [0.25, 0.3) is 0 Å². The molecule has 0 aromatic heterocycles. The van der Waals surface area contributed by atoms with E-state index in [0.29, 0.717) is 18.5 Å². The van der Waals surface area contributed by atoms with E-state index in [1.54, 1.807) is 12.3 Å². The van der Waals surface area contributed by atoms with Gasteiger partial charge in [-0.15, -0.1) is 0 Å². The van der Waals surface area contributed by atoms with Gasteiger partial charge >= 0.3 is 0 Å². The van der Waals surface area contributed by atoms with Crippen LogP contribution in [0.25, 0.3) is 5.57 Å². The van der Waals surface area contributed by atoms with Crippen molar-refractivity contribution < 1.29 is 8.78 Å². The summed E-state index contributed by atoms with van der Waals surface area (Å²) >= 11 is 3.53. The Morgan fingerprint density at radius 3 is 2.20 bits per heavy atom. The van der Waals surface area contributed by atoms with Crippen LogP contribution >= 0.6 is 12.6 Å². The number of allylic oxidation sites excluding steroid dienone is 2. The van der Waals surface area contributed by atoms with E-state index in [9.17, 15) is 4.39 Å². The summed E-state index contributed by atoms with van der Waals surface area (Å²) in [6.45, 7) is 21.9. The van der Waals surface area contributed by atoms with Crippen LogP contribution in [0.2, 0.25) is 0 Å². The fourth-order valence-corrected chi connectivity index (χ4v) is 4.85. The van der Waals surface area contributed by atoms with Crippen LogP contribution in [0.1, 0.15) is 59.0 Å². The van der Waals surface area contributed by atoms with Crippen molar-refractivity contribution in [2.75, 3.05) is 39.0 Å². The van der Waals surface area contributed by atoms with Crippen molar-refractivity contribution in [3.63, 3.8) is 0 Å². The van der Waals surface area contributed by atoms with Crippen molar-refractivity contribution >= 4 is 18.2 Å². The van der Waals surface area contributed by atoms with Gasteiger partial charge in [-0.05, 0) is 85.4 Å².